The summed E-state index contributed by atoms with van der Waals surface area (Å²) in [5.74, 6) is 0.0551. The van der Waals surface area contributed by atoms with Crippen molar-refractivity contribution in [3.8, 4) is 0 Å². The van der Waals surface area contributed by atoms with E-state index in [1.807, 2.05) is 13.8 Å². The lowest BCUT2D eigenvalue weighted by molar-refractivity contribution is -0.137. The molecule has 1 aliphatic heterocycles. The number of carbonyl (C=O) groups excluding carboxylic acids is 1. The van der Waals surface area contributed by atoms with Gasteiger partial charge in [-0.25, -0.2) is 0 Å². The second-order valence-corrected chi connectivity index (χ2v) is 5.54. The van der Waals surface area contributed by atoms with E-state index in [1.54, 1.807) is 11.9 Å². The minimum absolute atomic E-state index is 0.0277. The Morgan fingerprint density at radius 2 is 2.00 bits per heavy atom. The minimum Gasteiger partial charge on any atom is -0.394 e. The number of nitrogens with zero attached hydrogens (tertiary/aromatic N) is 2. The van der Waals surface area contributed by atoms with Gasteiger partial charge in [-0.1, -0.05) is 0 Å². The molecule has 5 nitrogen and oxygen atoms in total. The fourth-order valence-electron chi connectivity index (χ4n) is 1.85. The van der Waals surface area contributed by atoms with E-state index in [9.17, 15) is 9.90 Å². The van der Waals surface area contributed by atoms with E-state index in [0.717, 1.165) is 25.9 Å². The Morgan fingerprint density at radius 3 is 2.47 bits per heavy atom. The van der Waals surface area contributed by atoms with Gasteiger partial charge in [-0.2, -0.15) is 0 Å². The lowest BCUT2D eigenvalue weighted by atomic mass is 10.0. The van der Waals surface area contributed by atoms with Crippen LogP contribution in [0, 0.1) is 0 Å². The Hall–Kier alpha value is -0.650. The van der Waals surface area contributed by atoms with Crippen LogP contribution in [0.5, 0.6) is 0 Å². The zero-order valence-corrected chi connectivity index (χ0v) is 11.1. The molecule has 0 saturated carbocycles. The number of amides is 1. The van der Waals surface area contributed by atoms with Crippen LogP contribution in [0.25, 0.3) is 0 Å². The van der Waals surface area contributed by atoms with E-state index < -0.39 is 5.54 Å². The minimum atomic E-state index is -0.497. The SMILES string of the molecule is CN(C(=O)CN1CCC(N)CC1)C(C)(C)CO. The van der Waals surface area contributed by atoms with E-state index in [-0.39, 0.29) is 18.6 Å². The standard InChI is InChI=1S/C12H25N3O2/c1-12(2,9-16)14(3)11(17)8-15-6-4-10(13)5-7-15/h10,16H,4-9,13H2,1-3H3. The van der Waals surface area contributed by atoms with E-state index in [2.05, 4.69) is 4.90 Å². The maximum absolute atomic E-state index is 12.0. The smallest absolute Gasteiger partial charge is 0.237 e. The van der Waals surface area contributed by atoms with Gasteiger partial charge in [0.05, 0.1) is 18.7 Å². The molecule has 1 heterocycles. The first-order valence-corrected chi connectivity index (χ1v) is 6.22. The first-order valence-electron chi connectivity index (χ1n) is 6.22. The molecule has 0 aromatic carbocycles. The third-order valence-corrected chi connectivity index (χ3v) is 3.66. The van der Waals surface area contributed by atoms with Gasteiger partial charge in [0.15, 0.2) is 0 Å². The molecule has 1 rings (SSSR count). The Kier molecular flexibility index (Phi) is 4.91. The molecule has 1 fully saturated rings. The summed E-state index contributed by atoms with van der Waals surface area (Å²) in [6.45, 7) is 5.89. The molecule has 0 bridgehead atoms. The molecule has 1 saturated heterocycles. The highest BCUT2D eigenvalue weighted by molar-refractivity contribution is 5.78. The number of aliphatic hydroxyl groups is 1. The van der Waals surface area contributed by atoms with Crippen LogP contribution in [0.2, 0.25) is 0 Å². The van der Waals surface area contributed by atoms with Crippen LogP contribution in [0.4, 0.5) is 0 Å². The van der Waals surface area contributed by atoms with Crippen molar-refractivity contribution in [2.24, 2.45) is 5.73 Å². The molecule has 0 atom stereocenters. The normalized spacial score (nSPS) is 19.4. The number of carbonyl (C=O) groups is 1. The molecule has 0 unspecified atom stereocenters. The maximum atomic E-state index is 12.0. The van der Waals surface area contributed by atoms with E-state index >= 15 is 0 Å². The van der Waals surface area contributed by atoms with Crippen molar-refractivity contribution in [1.29, 1.82) is 0 Å². The van der Waals surface area contributed by atoms with Gasteiger partial charge in [-0.3, -0.25) is 9.69 Å². The number of nitrogens with two attached hydrogens (primary N) is 1. The van der Waals surface area contributed by atoms with Crippen LogP contribution in [0.1, 0.15) is 26.7 Å². The molecular weight excluding hydrogens is 218 g/mol. The monoisotopic (exact) mass is 243 g/mol. The van der Waals surface area contributed by atoms with Crippen molar-refractivity contribution in [3.05, 3.63) is 0 Å². The Balaban J connectivity index is 2.44. The predicted molar refractivity (Wildman–Crippen MR) is 67.6 cm³/mol. The van der Waals surface area contributed by atoms with Crippen LogP contribution in [0.3, 0.4) is 0 Å². The first-order chi connectivity index (χ1) is 7.86. The molecule has 1 amide bonds. The van der Waals surface area contributed by atoms with Gasteiger partial charge in [0.1, 0.15) is 0 Å². The van der Waals surface area contributed by atoms with Crippen molar-refractivity contribution < 1.29 is 9.90 Å². The topological polar surface area (TPSA) is 69.8 Å². The van der Waals surface area contributed by atoms with Gasteiger partial charge in [0.2, 0.25) is 5.91 Å². The molecule has 17 heavy (non-hydrogen) atoms. The number of likely N-dealkylation sites (N-methyl/N-ethyl adjacent to an activating group) is 1. The summed E-state index contributed by atoms with van der Waals surface area (Å²) >= 11 is 0. The van der Waals surface area contributed by atoms with Crippen LogP contribution >= 0.6 is 0 Å². The van der Waals surface area contributed by atoms with Crippen molar-refractivity contribution in [1.82, 2.24) is 9.80 Å². The van der Waals surface area contributed by atoms with Crippen LogP contribution < -0.4 is 5.73 Å². The third-order valence-electron chi connectivity index (χ3n) is 3.66. The van der Waals surface area contributed by atoms with Crippen molar-refractivity contribution in [2.45, 2.75) is 38.3 Å². The zero-order valence-electron chi connectivity index (χ0n) is 11.1. The number of hydrogen-bond donors (Lipinski definition) is 2. The fourth-order valence-corrected chi connectivity index (χ4v) is 1.85. The summed E-state index contributed by atoms with van der Waals surface area (Å²) in [4.78, 5) is 15.8. The molecular formula is C12H25N3O2. The van der Waals surface area contributed by atoms with Gasteiger partial charge in [0, 0.05) is 26.2 Å². The second kappa shape index (κ2) is 5.80. The Bertz CT molecular complexity index is 260. The molecule has 3 N–H and O–H groups in total. The van der Waals surface area contributed by atoms with E-state index in [0.29, 0.717) is 6.54 Å². The van der Waals surface area contributed by atoms with Gasteiger partial charge in [0.25, 0.3) is 0 Å². The summed E-state index contributed by atoms with van der Waals surface area (Å²) in [5.41, 5.74) is 5.33. The van der Waals surface area contributed by atoms with Crippen LogP contribution in [0.15, 0.2) is 0 Å². The number of rotatable bonds is 4. The van der Waals surface area contributed by atoms with E-state index in [1.165, 1.54) is 0 Å². The first kappa shape index (κ1) is 14.4. The molecule has 0 aromatic rings. The summed E-state index contributed by atoms with van der Waals surface area (Å²) in [7, 11) is 1.74. The quantitative estimate of drug-likeness (QED) is 0.707. The molecule has 100 valence electrons. The van der Waals surface area contributed by atoms with Gasteiger partial charge in [-0.15, -0.1) is 0 Å². The van der Waals surface area contributed by atoms with Crippen LogP contribution in [-0.2, 0) is 4.79 Å². The maximum Gasteiger partial charge on any atom is 0.237 e. The number of hydrogen-bond acceptors (Lipinski definition) is 4. The predicted octanol–water partition coefficient (Wildman–Crippen LogP) is -0.361. The number of piperidine rings is 1. The van der Waals surface area contributed by atoms with Crippen molar-refractivity contribution in [3.63, 3.8) is 0 Å². The molecule has 0 spiro atoms. The fraction of sp³-hybridized carbons (Fsp3) is 0.917. The van der Waals surface area contributed by atoms with Crippen LogP contribution in [-0.4, -0.2) is 65.7 Å². The molecule has 5 heteroatoms. The average molecular weight is 243 g/mol. The molecule has 1 aliphatic rings. The lowest BCUT2D eigenvalue weighted by Gasteiger charge is -2.36. The summed E-state index contributed by atoms with van der Waals surface area (Å²) in [6.07, 6.45) is 1.92. The highest BCUT2D eigenvalue weighted by Crippen LogP contribution is 2.13. The summed E-state index contributed by atoms with van der Waals surface area (Å²) < 4.78 is 0. The van der Waals surface area contributed by atoms with Gasteiger partial charge in [-0.05, 0) is 26.7 Å². The Labute approximate surface area is 104 Å². The van der Waals surface area contributed by atoms with Gasteiger partial charge < -0.3 is 15.7 Å². The summed E-state index contributed by atoms with van der Waals surface area (Å²) in [6, 6.07) is 0.285. The molecule has 0 aliphatic carbocycles. The Morgan fingerprint density at radius 1 is 1.47 bits per heavy atom. The lowest BCUT2D eigenvalue weighted by Crippen LogP contribution is -2.52. The number of likely N-dealkylation sites (tertiary alicyclic amines) is 1. The van der Waals surface area contributed by atoms with Gasteiger partial charge >= 0.3 is 0 Å². The van der Waals surface area contributed by atoms with E-state index in [4.69, 9.17) is 5.73 Å². The largest absolute Gasteiger partial charge is 0.394 e. The average Bonchev–Trinajstić information content (AvgIpc) is 2.31. The second-order valence-electron chi connectivity index (χ2n) is 5.54. The van der Waals surface area contributed by atoms with Crippen molar-refractivity contribution in [2.75, 3.05) is 33.3 Å². The third kappa shape index (κ3) is 3.94. The van der Waals surface area contributed by atoms with Crippen molar-refractivity contribution >= 4 is 5.91 Å². The number of aliphatic hydroxyl groups excluding tert-OH is 1. The summed E-state index contributed by atoms with van der Waals surface area (Å²) in [5, 5.41) is 9.23. The highest BCUT2D eigenvalue weighted by Gasteiger charge is 2.28. The molecule has 0 radical (unpaired) electrons. The highest BCUT2D eigenvalue weighted by atomic mass is 16.3. The zero-order chi connectivity index (χ0) is 13.1. The molecule has 0 aromatic heterocycles.